The Balaban J connectivity index is 1.93. The van der Waals surface area contributed by atoms with E-state index in [4.69, 9.17) is 4.74 Å². The number of hydrogen-bond donors (Lipinski definition) is 1. The van der Waals surface area contributed by atoms with E-state index in [1.54, 1.807) is 6.21 Å². The molecule has 132 valence electrons. The van der Waals surface area contributed by atoms with Gasteiger partial charge in [-0.3, -0.25) is 4.79 Å². The first-order valence-electron chi connectivity index (χ1n) is 8.49. The van der Waals surface area contributed by atoms with Gasteiger partial charge >= 0.3 is 0 Å². The van der Waals surface area contributed by atoms with Gasteiger partial charge in [-0.25, -0.2) is 5.43 Å². The minimum atomic E-state index is -0.280. The Hall–Kier alpha value is -2.62. The van der Waals surface area contributed by atoms with Crippen LogP contribution in [0.1, 0.15) is 47.6 Å². The monoisotopic (exact) mass is 338 g/mol. The molecular formula is C21H26N2O2. The van der Waals surface area contributed by atoms with Crippen LogP contribution in [0.4, 0.5) is 0 Å². The minimum absolute atomic E-state index is 0.0621. The SMILES string of the molecule is Cc1ccc(C=NNC(=O)COc2cc(C)ccc2C(C)C)c(C)c1. The Morgan fingerprint density at radius 3 is 2.48 bits per heavy atom. The summed E-state index contributed by atoms with van der Waals surface area (Å²) in [6, 6.07) is 12.1. The summed E-state index contributed by atoms with van der Waals surface area (Å²) in [7, 11) is 0. The second-order valence-electron chi connectivity index (χ2n) is 6.64. The van der Waals surface area contributed by atoms with Crippen LogP contribution in [0, 0.1) is 20.8 Å². The van der Waals surface area contributed by atoms with Gasteiger partial charge in [-0.05, 0) is 55.0 Å². The second kappa shape index (κ2) is 8.47. The number of nitrogens with one attached hydrogen (secondary N) is 1. The highest BCUT2D eigenvalue weighted by atomic mass is 16.5. The lowest BCUT2D eigenvalue weighted by Gasteiger charge is -2.14. The highest BCUT2D eigenvalue weighted by Crippen LogP contribution is 2.27. The fourth-order valence-electron chi connectivity index (χ4n) is 2.56. The van der Waals surface area contributed by atoms with Crippen LogP contribution < -0.4 is 10.2 Å². The van der Waals surface area contributed by atoms with Crippen LogP contribution in [0.25, 0.3) is 0 Å². The van der Waals surface area contributed by atoms with Gasteiger partial charge in [-0.15, -0.1) is 0 Å². The van der Waals surface area contributed by atoms with Gasteiger partial charge in [0.15, 0.2) is 6.61 Å². The van der Waals surface area contributed by atoms with Crippen molar-refractivity contribution in [3.05, 3.63) is 64.2 Å². The standard InChI is InChI=1S/C21H26N2O2/c1-14(2)19-9-7-16(4)11-20(19)25-13-21(24)23-22-12-18-8-6-15(3)10-17(18)5/h6-12,14H,13H2,1-5H3,(H,23,24). The lowest BCUT2D eigenvalue weighted by atomic mass is 10.0. The molecule has 1 N–H and O–H groups in total. The zero-order valence-electron chi connectivity index (χ0n) is 15.6. The quantitative estimate of drug-likeness (QED) is 0.632. The maximum absolute atomic E-state index is 12.0. The van der Waals surface area contributed by atoms with Crippen molar-refractivity contribution >= 4 is 12.1 Å². The molecule has 2 aromatic rings. The van der Waals surface area contributed by atoms with Crippen LogP contribution in [-0.4, -0.2) is 18.7 Å². The summed E-state index contributed by atoms with van der Waals surface area (Å²) >= 11 is 0. The molecule has 0 aliphatic heterocycles. The summed E-state index contributed by atoms with van der Waals surface area (Å²) in [4.78, 5) is 12.0. The van der Waals surface area contributed by atoms with E-state index >= 15 is 0 Å². The van der Waals surface area contributed by atoms with Gasteiger partial charge in [-0.2, -0.15) is 5.10 Å². The normalized spacial score (nSPS) is 11.1. The van der Waals surface area contributed by atoms with E-state index in [1.165, 1.54) is 5.56 Å². The average molecular weight is 338 g/mol. The molecule has 0 radical (unpaired) electrons. The first-order chi connectivity index (χ1) is 11.9. The average Bonchev–Trinajstić information content (AvgIpc) is 2.54. The zero-order valence-corrected chi connectivity index (χ0v) is 15.6. The van der Waals surface area contributed by atoms with E-state index in [0.717, 1.165) is 28.0 Å². The van der Waals surface area contributed by atoms with Gasteiger partial charge in [0, 0.05) is 0 Å². The Kier molecular flexibility index (Phi) is 6.34. The summed E-state index contributed by atoms with van der Waals surface area (Å²) < 4.78 is 5.70. The fourth-order valence-corrected chi connectivity index (χ4v) is 2.56. The molecule has 0 fully saturated rings. The number of hydrazone groups is 1. The number of nitrogens with zero attached hydrogens (tertiary/aromatic N) is 1. The lowest BCUT2D eigenvalue weighted by molar-refractivity contribution is -0.123. The van der Waals surface area contributed by atoms with Crippen molar-refractivity contribution in [1.29, 1.82) is 0 Å². The van der Waals surface area contributed by atoms with Crippen LogP contribution >= 0.6 is 0 Å². The van der Waals surface area contributed by atoms with Crippen LogP contribution in [0.2, 0.25) is 0 Å². The zero-order chi connectivity index (χ0) is 18.4. The molecule has 2 aromatic carbocycles. The predicted molar refractivity (Wildman–Crippen MR) is 102 cm³/mol. The van der Waals surface area contributed by atoms with Gasteiger partial charge in [0.1, 0.15) is 5.75 Å². The predicted octanol–water partition coefficient (Wildman–Crippen LogP) is 4.26. The molecule has 0 spiro atoms. The summed E-state index contributed by atoms with van der Waals surface area (Å²) in [6.45, 7) is 10.2. The number of carbonyl (C=O) groups excluding carboxylic acids is 1. The van der Waals surface area contributed by atoms with Crippen LogP contribution in [0.5, 0.6) is 5.75 Å². The molecule has 1 amide bonds. The van der Waals surface area contributed by atoms with Crippen molar-refractivity contribution in [2.24, 2.45) is 5.10 Å². The maximum Gasteiger partial charge on any atom is 0.277 e. The first-order valence-corrected chi connectivity index (χ1v) is 8.49. The smallest absolute Gasteiger partial charge is 0.277 e. The number of ether oxygens (including phenoxy) is 1. The van der Waals surface area contributed by atoms with Gasteiger partial charge in [0.25, 0.3) is 5.91 Å². The number of benzene rings is 2. The van der Waals surface area contributed by atoms with E-state index in [9.17, 15) is 4.79 Å². The lowest BCUT2D eigenvalue weighted by Crippen LogP contribution is -2.25. The Morgan fingerprint density at radius 2 is 1.80 bits per heavy atom. The molecule has 0 saturated carbocycles. The molecule has 0 aromatic heterocycles. The molecule has 4 heteroatoms. The fraction of sp³-hybridized carbons (Fsp3) is 0.333. The van der Waals surface area contributed by atoms with E-state index < -0.39 is 0 Å². The van der Waals surface area contributed by atoms with Gasteiger partial charge in [0.05, 0.1) is 6.21 Å². The van der Waals surface area contributed by atoms with Gasteiger partial charge < -0.3 is 4.74 Å². The van der Waals surface area contributed by atoms with E-state index in [2.05, 4.69) is 36.5 Å². The number of hydrogen-bond acceptors (Lipinski definition) is 3. The third kappa shape index (κ3) is 5.45. The number of amides is 1. The number of carbonyl (C=O) groups is 1. The minimum Gasteiger partial charge on any atom is -0.483 e. The van der Waals surface area contributed by atoms with Gasteiger partial charge in [0.2, 0.25) is 0 Å². The first kappa shape index (κ1) is 18.7. The van der Waals surface area contributed by atoms with Crippen LogP contribution in [0.15, 0.2) is 41.5 Å². The maximum atomic E-state index is 12.0. The second-order valence-corrected chi connectivity index (χ2v) is 6.64. The highest BCUT2D eigenvalue weighted by Gasteiger charge is 2.10. The summed E-state index contributed by atoms with van der Waals surface area (Å²) in [5, 5.41) is 4.01. The Morgan fingerprint density at radius 1 is 1.12 bits per heavy atom. The molecule has 0 bridgehead atoms. The molecular weight excluding hydrogens is 312 g/mol. The van der Waals surface area contributed by atoms with Crippen molar-refractivity contribution in [2.75, 3.05) is 6.61 Å². The highest BCUT2D eigenvalue weighted by molar-refractivity contribution is 5.84. The van der Waals surface area contributed by atoms with E-state index in [0.29, 0.717) is 5.92 Å². The largest absolute Gasteiger partial charge is 0.483 e. The third-order valence-electron chi connectivity index (χ3n) is 3.97. The van der Waals surface area contributed by atoms with E-state index in [1.807, 2.05) is 45.0 Å². The van der Waals surface area contributed by atoms with Crippen molar-refractivity contribution in [1.82, 2.24) is 5.43 Å². The molecule has 2 rings (SSSR count). The van der Waals surface area contributed by atoms with Crippen molar-refractivity contribution in [2.45, 2.75) is 40.5 Å². The summed E-state index contributed by atoms with van der Waals surface area (Å²) in [6.07, 6.45) is 1.65. The number of rotatable bonds is 6. The van der Waals surface area contributed by atoms with Crippen LogP contribution in [0.3, 0.4) is 0 Å². The number of aryl methyl sites for hydroxylation is 3. The molecule has 0 saturated heterocycles. The molecule has 0 heterocycles. The van der Waals surface area contributed by atoms with E-state index in [-0.39, 0.29) is 12.5 Å². The van der Waals surface area contributed by atoms with Crippen molar-refractivity contribution in [3.63, 3.8) is 0 Å². The topological polar surface area (TPSA) is 50.7 Å². The van der Waals surface area contributed by atoms with Crippen LogP contribution in [-0.2, 0) is 4.79 Å². The van der Waals surface area contributed by atoms with Gasteiger partial charge in [-0.1, -0.05) is 49.7 Å². The Bertz CT molecular complexity index is 779. The molecule has 25 heavy (non-hydrogen) atoms. The summed E-state index contributed by atoms with van der Waals surface area (Å²) in [5.74, 6) is 0.807. The molecule has 4 nitrogen and oxygen atoms in total. The Labute approximate surface area is 149 Å². The molecule has 0 atom stereocenters. The van der Waals surface area contributed by atoms with Crippen molar-refractivity contribution < 1.29 is 9.53 Å². The molecule has 0 unspecified atom stereocenters. The molecule has 0 aliphatic rings. The summed E-state index contributed by atoms with van der Waals surface area (Å²) in [5.41, 5.74) is 8.01. The van der Waals surface area contributed by atoms with Crippen molar-refractivity contribution in [3.8, 4) is 5.75 Å². The molecule has 0 aliphatic carbocycles. The third-order valence-corrected chi connectivity index (χ3v) is 3.97.